The summed E-state index contributed by atoms with van der Waals surface area (Å²) < 4.78 is 3.55. The van der Waals surface area contributed by atoms with Gasteiger partial charge in [-0.15, -0.1) is 0 Å². The number of halogens is 1. The molecule has 0 aliphatic carbocycles. The van der Waals surface area contributed by atoms with Crippen molar-refractivity contribution in [3.05, 3.63) is 34.9 Å². The highest BCUT2D eigenvalue weighted by Gasteiger charge is 2.06. The van der Waals surface area contributed by atoms with E-state index in [1.807, 2.05) is 0 Å². The zero-order chi connectivity index (χ0) is 11.5. The second kappa shape index (κ2) is 5.05. The number of benzene rings is 1. The van der Waals surface area contributed by atoms with Crippen molar-refractivity contribution in [2.75, 3.05) is 0 Å². The van der Waals surface area contributed by atoms with Crippen molar-refractivity contribution in [1.82, 2.24) is 4.57 Å². The summed E-state index contributed by atoms with van der Waals surface area (Å²) in [7, 11) is 0. The highest BCUT2D eigenvalue weighted by Crippen LogP contribution is 2.25. The van der Waals surface area contributed by atoms with Crippen molar-refractivity contribution in [2.24, 2.45) is 5.92 Å². The first-order valence-electron chi connectivity index (χ1n) is 5.95. The molecular weight excluding hydrogens is 262 g/mol. The summed E-state index contributed by atoms with van der Waals surface area (Å²) in [4.78, 5) is 0. The third-order valence-electron chi connectivity index (χ3n) is 3.05. The first kappa shape index (κ1) is 11.7. The van der Waals surface area contributed by atoms with Crippen LogP contribution in [-0.2, 0) is 6.54 Å². The molecule has 2 aromatic rings. The van der Waals surface area contributed by atoms with Gasteiger partial charge in [0.1, 0.15) is 0 Å². The third-order valence-corrected chi connectivity index (χ3v) is 3.74. The lowest BCUT2D eigenvalue weighted by atomic mass is 10.1. The Kier molecular flexibility index (Phi) is 3.70. The van der Waals surface area contributed by atoms with E-state index < -0.39 is 0 Å². The van der Waals surface area contributed by atoms with E-state index in [2.05, 4.69) is 64.8 Å². The molecule has 0 radical (unpaired) electrons. The fourth-order valence-electron chi connectivity index (χ4n) is 2.26. The normalized spacial score (nSPS) is 13.2. The minimum absolute atomic E-state index is 0.750. The molecular formula is C14H18BrN. The topological polar surface area (TPSA) is 4.93 Å². The van der Waals surface area contributed by atoms with Gasteiger partial charge in [-0.3, -0.25) is 0 Å². The smallest absolute Gasteiger partial charge is 0.0491 e. The number of hydrogen-bond acceptors (Lipinski definition) is 0. The van der Waals surface area contributed by atoms with Gasteiger partial charge in [0, 0.05) is 28.1 Å². The lowest BCUT2D eigenvalue weighted by Gasteiger charge is -2.12. The van der Waals surface area contributed by atoms with Crippen LogP contribution >= 0.6 is 15.9 Å². The van der Waals surface area contributed by atoms with Crippen molar-refractivity contribution in [1.29, 1.82) is 0 Å². The van der Waals surface area contributed by atoms with Crippen LogP contribution in [0.2, 0.25) is 0 Å². The van der Waals surface area contributed by atoms with Gasteiger partial charge in [-0.25, -0.2) is 0 Å². The Morgan fingerprint density at radius 2 is 2.12 bits per heavy atom. The molecule has 86 valence electrons. The van der Waals surface area contributed by atoms with E-state index in [1.165, 1.54) is 28.2 Å². The van der Waals surface area contributed by atoms with Crippen LogP contribution in [0.3, 0.4) is 0 Å². The molecule has 16 heavy (non-hydrogen) atoms. The number of fused-ring (bicyclic) bond motifs is 1. The van der Waals surface area contributed by atoms with E-state index >= 15 is 0 Å². The molecule has 0 amide bonds. The third kappa shape index (κ3) is 2.32. The van der Waals surface area contributed by atoms with Gasteiger partial charge in [0.2, 0.25) is 0 Å². The van der Waals surface area contributed by atoms with Gasteiger partial charge < -0.3 is 4.57 Å². The summed E-state index contributed by atoms with van der Waals surface area (Å²) >= 11 is 3.59. The van der Waals surface area contributed by atoms with Gasteiger partial charge in [-0.05, 0) is 30.5 Å². The van der Waals surface area contributed by atoms with Crippen LogP contribution in [-0.4, -0.2) is 4.57 Å². The Labute approximate surface area is 106 Å². The zero-order valence-corrected chi connectivity index (χ0v) is 11.5. The summed E-state index contributed by atoms with van der Waals surface area (Å²) in [6, 6.07) is 8.59. The molecule has 1 aromatic heterocycles. The molecule has 0 bridgehead atoms. The van der Waals surface area contributed by atoms with Gasteiger partial charge in [0.15, 0.2) is 0 Å². The fraction of sp³-hybridized carbons (Fsp3) is 0.429. The molecule has 0 aliphatic heterocycles. The quantitative estimate of drug-likeness (QED) is 0.755. The lowest BCUT2D eigenvalue weighted by Crippen LogP contribution is -2.05. The van der Waals surface area contributed by atoms with Crippen molar-refractivity contribution in [3.8, 4) is 0 Å². The highest BCUT2D eigenvalue weighted by atomic mass is 79.9. The molecule has 1 aromatic carbocycles. The van der Waals surface area contributed by atoms with Crippen molar-refractivity contribution < 1.29 is 0 Å². The molecule has 0 saturated heterocycles. The van der Waals surface area contributed by atoms with Crippen LogP contribution in [0.4, 0.5) is 0 Å². The molecule has 2 rings (SSSR count). The molecule has 1 atom stereocenters. The van der Waals surface area contributed by atoms with E-state index in [-0.39, 0.29) is 0 Å². The maximum atomic E-state index is 3.59. The second-order valence-corrected chi connectivity index (χ2v) is 5.39. The Bertz CT molecular complexity index is 473. The molecule has 0 saturated carbocycles. The summed E-state index contributed by atoms with van der Waals surface area (Å²) in [5.74, 6) is 0.750. The van der Waals surface area contributed by atoms with Crippen molar-refractivity contribution in [2.45, 2.75) is 33.2 Å². The second-order valence-electron chi connectivity index (χ2n) is 4.53. The van der Waals surface area contributed by atoms with Gasteiger partial charge >= 0.3 is 0 Å². The summed E-state index contributed by atoms with van der Waals surface area (Å²) in [6.07, 6.45) is 4.76. The molecule has 0 spiro atoms. The Morgan fingerprint density at radius 1 is 1.31 bits per heavy atom. The van der Waals surface area contributed by atoms with Gasteiger partial charge in [-0.2, -0.15) is 0 Å². The molecule has 0 aliphatic rings. The van der Waals surface area contributed by atoms with Crippen LogP contribution in [0.15, 0.2) is 34.9 Å². The number of aromatic nitrogens is 1. The molecule has 1 heterocycles. The number of rotatable bonds is 4. The van der Waals surface area contributed by atoms with E-state index in [0.29, 0.717) is 0 Å². The predicted molar refractivity (Wildman–Crippen MR) is 73.7 cm³/mol. The Balaban J connectivity index is 2.28. The number of nitrogens with zero attached hydrogens (tertiary/aromatic N) is 1. The van der Waals surface area contributed by atoms with Crippen LogP contribution in [0, 0.1) is 5.92 Å². The summed E-state index contributed by atoms with van der Waals surface area (Å²) in [6.45, 7) is 5.70. The standard InChI is InChI=1S/C14H18BrN/c1-3-5-11(2)10-16-9-8-12-13(15)6-4-7-14(12)16/h4,6-9,11H,3,5,10H2,1-2H3. The zero-order valence-electron chi connectivity index (χ0n) is 9.91. The van der Waals surface area contributed by atoms with Crippen molar-refractivity contribution >= 4 is 26.8 Å². The van der Waals surface area contributed by atoms with Crippen LogP contribution in [0.1, 0.15) is 26.7 Å². The van der Waals surface area contributed by atoms with Crippen LogP contribution in [0.25, 0.3) is 10.9 Å². The van der Waals surface area contributed by atoms with Crippen molar-refractivity contribution in [3.63, 3.8) is 0 Å². The highest BCUT2D eigenvalue weighted by molar-refractivity contribution is 9.10. The first-order chi connectivity index (χ1) is 7.72. The largest absolute Gasteiger partial charge is 0.347 e. The SMILES string of the molecule is CCCC(C)Cn1ccc2c(Br)cccc21. The van der Waals surface area contributed by atoms with E-state index in [9.17, 15) is 0 Å². The molecule has 0 fully saturated rings. The van der Waals surface area contributed by atoms with Gasteiger partial charge in [-0.1, -0.05) is 42.3 Å². The summed E-state index contributed by atoms with van der Waals surface area (Å²) in [5, 5.41) is 1.31. The predicted octanol–water partition coefficient (Wildman–Crippen LogP) is 4.84. The maximum absolute atomic E-state index is 3.59. The molecule has 1 nitrogen and oxygen atoms in total. The molecule has 2 heteroatoms. The molecule has 0 N–H and O–H groups in total. The van der Waals surface area contributed by atoms with E-state index in [1.54, 1.807) is 0 Å². The Morgan fingerprint density at radius 3 is 2.88 bits per heavy atom. The van der Waals surface area contributed by atoms with Gasteiger partial charge in [0.25, 0.3) is 0 Å². The first-order valence-corrected chi connectivity index (χ1v) is 6.75. The van der Waals surface area contributed by atoms with Crippen LogP contribution < -0.4 is 0 Å². The Hall–Kier alpha value is -0.760. The van der Waals surface area contributed by atoms with E-state index in [4.69, 9.17) is 0 Å². The van der Waals surface area contributed by atoms with E-state index in [0.717, 1.165) is 12.5 Å². The minimum atomic E-state index is 0.750. The van der Waals surface area contributed by atoms with Gasteiger partial charge in [0.05, 0.1) is 0 Å². The minimum Gasteiger partial charge on any atom is -0.347 e. The summed E-state index contributed by atoms with van der Waals surface area (Å²) in [5.41, 5.74) is 1.33. The fourth-order valence-corrected chi connectivity index (χ4v) is 2.75. The lowest BCUT2D eigenvalue weighted by molar-refractivity contribution is 0.453. The number of hydrogen-bond donors (Lipinski definition) is 0. The van der Waals surface area contributed by atoms with Crippen LogP contribution in [0.5, 0.6) is 0 Å². The monoisotopic (exact) mass is 279 g/mol. The average Bonchev–Trinajstić information content (AvgIpc) is 2.64. The molecule has 1 unspecified atom stereocenters. The maximum Gasteiger partial charge on any atom is 0.0491 e. The average molecular weight is 280 g/mol.